The Kier molecular flexibility index (Phi) is 4.83. The first-order valence-corrected chi connectivity index (χ1v) is 11.3. The van der Waals surface area contributed by atoms with Crippen molar-refractivity contribution in [3.63, 3.8) is 0 Å². The summed E-state index contributed by atoms with van der Waals surface area (Å²) >= 11 is 0. The van der Waals surface area contributed by atoms with Gasteiger partial charge in [0.1, 0.15) is 12.4 Å². The van der Waals surface area contributed by atoms with Gasteiger partial charge in [0.05, 0.1) is 11.9 Å². The first kappa shape index (κ1) is 20.8. The molecule has 172 valence electrons. The van der Waals surface area contributed by atoms with E-state index in [1.807, 2.05) is 53.4 Å². The molecule has 8 heteroatoms. The highest BCUT2D eigenvalue weighted by molar-refractivity contribution is 5.93. The molecule has 2 aliphatic rings. The quantitative estimate of drug-likeness (QED) is 0.430. The van der Waals surface area contributed by atoms with Crippen LogP contribution in [0.5, 0.6) is 0 Å². The second kappa shape index (κ2) is 7.90. The van der Waals surface area contributed by atoms with Crippen LogP contribution in [0.4, 0.5) is 14.5 Å². The molecule has 1 fully saturated rings. The van der Waals surface area contributed by atoms with Gasteiger partial charge in [-0.2, -0.15) is 0 Å². The van der Waals surface area contributed by atoms with Gasteiger partial charge in [-0.05, 0) is 41.5 Å². The summed E-state index contributed by atoms with van der Waals surface area (Å²) in [6.45, 7) is 0.945. The van der Waals surface area contributed by atoms with Crippen molar-refractivity contribution >= 4 is 22.8 Å². The lowest BCUT2D eigenvalue weighted by molar-refractivity contribution is -0.145. The summed E-state index contributed by atoms with van der Waals surface area (Å²) in [5, 5.41) is 0. The fourth-order valence-electron chi connectivity index (χ4n) is 4.78. The molecule has 4 aromatic rings. The number of nitrogens with zero attached hydrogens (tertiary/aromatic N) is 3. The number of fused-ring (bicyclic) bond motifs is 2. The number of alkyl halides is 2. The Bertz CT molecular complexity index is 1390. The number of hydrogen-bond donors (Lipinski definition) is 1. The monoisotopic (exact) mass is 460 g/mol. The van der Waals surface area contributed by atoms with E-state index in [0.29, 0.717) is 24.6 Å². The number of H-pyrrole nitrogens is 1. The number of carbonyl (C=O) groups excluding carboxylic acids is 1. The average Bonchev–Trinajstić information content (AvgIpc) is 3.28. The van der Waals surface area contributed by atoms with Gasteiger partial charge in [-0.25, -0.2) is 18.7 Å². The molecule has 1 N–H and O–H groups in total. The summed E-state index contributed by atoms with van der Waals surface area (Å²) in [6, 6.07) is 15.7. The lowest BCUT2D eigenvalue weighted by Gasteiger charge is -2.33. The van der Waals surface area contributed by atoms with Crippen LogP contribution in [0.1, 0.15) is 24.0 Å². The molecule has 0 aliphatic carbocycles. The number of pyridine rings is 1. The highest BCUT2D eigenvalue weighted by Gasteiger charge is 2.34. The summed E-state index contributed by atoms with van der Waals surface area (Å²) < 4.78 is 32.3. The SMILES string of the molecule is O=C1Cc2cccc(-c3ccnc4nc(-c5ccc(N6CCC(F)(F)CC6)cc5)[nH]c34)c2CO1. The minimum Gasteiger partial charge on any atom is -0.461 e. The number of aromatic amines is 1. The van der Waals surface area contributed by atoms with E-state index in [0.717, 1.165) is 39.0 Å². The molecular weight excluding hydrogens is 438 g/mol. The summed E-state index contributed by atoms with van der Waals surface area (Å²) in [4.78, 5) is 26.2. The lowest BCUT2D eigenvalue weighted by atomic mass is 9.93. The Morgan fingerprint density at radius 3 is 2.59 bits per heavy atom. The molecule has 4 heterocycles. The average molecular weight is 460 g/mol. The van der Waals surface area contributed by atoms with Crippen LogP contribution in [0.15, 0.2) is 54.7 Å². The Hall–Kier alpha value is -3.81. The number of halogens is 2. The van der Waals surface area contributed by atoms with Gasteiger partial charge >= 0.3 is 5.97 Å². The van der Waals surface area contributed by atoms with Crippen molar-refractivity contribution in [2.45, 2.75) is 31.8 Å². The maximum atomic E-state index is 13.5. The van der Waals surface area contributed by atoms with Crippen LogP contribution >= 0.6 is 0 Å². The van der Waals surface area contributed by atoms with Gasteiger partial charge in [-0.15, -0.1) is 0 Å². The predicted octanol–water partition coefficient (Wildman–Crippen LogP) is 5.13. The molecule has 0 radical (unpaired) electrons. The number of imidazole rings is 1. The number of nitrogens with one attached hydrogen (secondary N) is 1. The van der Waals surface area contributed by atoms with E-state index >= 15 is 0 Å². The van der Waals surface area contributed by atoms with Crippen LogP contribution in [-0.4, -0.2) is 39.9 Å². The third kappa shape index (κ3) is 3.69. The fourth-order valence-corrected chi connectivity index (χ4v) is 4.78. The predicted molar refractivity (Wildman–Crippen MR) is 125 cm³/mol. The molecule has 6 rings (SSSR count). The van der Waals surface area contributed by atoms with Crippen molar-refractivity contribution in [3.8, 4) is 22.5 Å². The third-order valence-corrected chi connectivity index (χ3v) is 6.67. The number of rotatable bonds is 3. The fraction of sp³-hybridized carbons (Fsp3) is 0.269. The van der Waals surface area contributed by atoms with Crippen LogP contribution < -0.4 is 4.90 Å². The van der Waals surface area contributed by atoms with Crippen molar-refractivity contribution in [1.29, 1.82) is 0 Å². The minimum atomic E-state index is -2.56. The van der Waals surface area contributed by atoms with E-state index in [1.54, 1.807) is 6.20 Å². The van der Waals surface area contributed by atoms with E-state index < -0.39 is 5.92 Å². The molecule has 2 aliphatic heterocycles. The number of aromatic nitrogens is 3. The Morgan fingerprint density at radius 1 is 1.00 bits per heavy atom. The Morgan fingerprint density at radius 2 is 1.79 bits per heavy atom. The van der Waals surface area contributed by atoms with Gasteiger partial charge in [-0.1, -0.05) is 18.2 Å². The third-order valence-electron chi connectivity index (χ3n) is 6.67. The summed E-state index contributed by atoms with van der Waals surface area (Å²) in [6.07, 6.45) is 1.77. The standard InChI is InChI=1S/C26H22F2N4O2/c27-26(28)9-12-32(13-10-26)18-6-4-16(5-7-18)24-30-23-20(8-11-29-25(23)31-24)19-3-1-2-17-14-22(33)34-15-21(17)19/h1-8,11H,9-10,12-15H2,(H,29,30,31). The largest absolute Gasteiger partial charge is 0.461 e. The maximum absolute atomic E-state index is 13.5. The van der Waals surface area contributed by atoms with E-state index in [4.69, 9.17) is 4.74 Å². The topological polar surface area (TPSA) is 71.1 Å². The Balaban J connectivity index is 1.33. The van der Waals surface area contributed by atoms with Crippen LogP contribution in [0.2, 0.25) is 0 Å². The van der Waals surface area contributed by atoms with Crippen molar-refractivity contribution in [3.05, 3.63) is 65.9 Å². The number of anilines is 1. The van der Waals surface area contributed by atoms with E-state index in [2.05, 4.69) is 15.0 Å². The molecule has 0 bridgehead atoms. The van der Waals surface area contributed by atoms with Gasteiger partial charge in [0.15, 0.2) is 5.65 Å². The molecule has 2 aromatic carbocycles. The van der Waals surface area contributed by atoms with Gasteiger partial charge < -0.3 is 14.6 Å². The number of hydrogen-bond acceptors (Lipinski definition) is 5. The Labute approximate surface area is 194 Å². The lowest BCUT2D eigenvalue weighted by Crippen LogP contribution is -2.39. The number of ether oxygens (including phenoxy) is 1. The zero-order valence-corrected chi connectivity index (χ0v) is 18.4. The van der Waals surface area contributed by atoms with Crippen molar-refractivity contribution < 1.29 is 18.3 Å². The van der Waals surface area contributed by atoms with Crippen LogP contribution in [0, 0.1) is 0 Å². The highest BCUT2D eigenvalue weighted by atomic mass is 19.3. The molecule has 0 atom stereocenters. The zero-order valence-electron chi connectivity index (χ0n) is 18.4. The number of cyclic esters (lactones) is 1. The first-order chi connectivity index (χ1) is 16.5. The normalized spacial score (nSPS) is 17.5. The van der Waals surface area contributed by atoms with Crippen molar-refractivity contribution in [2.75, 3.05) is 18.0 Å². The summed E-state index contributed by atoms with van der Waals surface area (Å²) in [5.41, 5.74) is 7.14. The van der Waals surface area contributed by atoms with Gasteiger partial charge in [0.25, 0.3) is 5.92 Å². The van der Waals surface area contributed by atoms with Gasteiger partial charge in [0, 0.05) is 54.5 Å². The number of esters is 1. The second-order valence-electron chi connectivity index (χ2n) is 8.81. The number of piperidine rings is 1. The highest BCUT2D eigenvalue weighted by Crippen LogP contribution is 2.35. The molecule has 0 spiro atoms. The molecule has 1 saturated heterocycles. The zero-order chi connectivity index (χ0) is 23.3. The summed E-state index contributed by atoms with van der Waals surface area (Å²) in [7, 11) is 0. The molecule has 0 unspecified atom stereocenters. The van der Waals surface area contributed by atoms with Crippen molar-refractivity contribution in [1.82, 2.24) is 15.0 Å². The van der Waals surface area contributed by atoms with E-state index in [9.17, 15) is 13.6 Å². The van der Waals surface area contributed by atoms with Gasteiger partial charge in [0.2, 0.25) is 0 Å². The smallest absolute Gasteiger partial charge is 0.310 e. The minimum absolute atomic E-state index is 0.116. The second-order valence-corrected chi connectivity index (χ2v) is 8.81. The first-order valence-electron chi connectivity index (χ1n) is 11.3. The molecule has 0 amide bonds. The van der Waals surface area contributed by atoms with Crippen LogP contribution in [0.3, 0.4) is 0 Å². The van der Waals surface area contributed by atoms with Crippen molar-refractivity contribution in [2.24, 2.45) is 0 Å². The number of benzene rings is 2. The maximum Gasteiger partial charge on any atom is 0.310 e. The number of carbonyl (C=O) groups is 1. The van der Waals surface area contributed by atoms with Gasteiger partial charge in [-0.3, -0.25) is 4.79 Å². The summed E-state index contributed by atoms with van der Waals surface area (Å²) in [5.74, 6) is -2.09. The molecule has 2 aromatic heterocycles. The molecule has 0 saturated carbocycles. The van der Waals surface area contributed by atoms with E-state index in [1.165, 1.54) is 0 Å². The van der Waals surface area contributed by atoms with Crippen LogP contribution in [0.25, 0.3) is 33.7 Å². The molecule has 6 nitrogen and oxygen atoms in total. The van der Waals surface area contributed by atoms with E-state index in [-0.39, 0.29) is 31.8 Å². The molecule has 34 heavy (non-hydrogen) atoms. The van der Waals surface area contributed by atoms with Crippen LogP contribution in [-0.2, 0) is 22.6 Å². The molecular formula is C26H22F2N4O2.